The van der Waals surface area contributed by atoms with Crippen molar-refractivity contribution in [3.63, 3.8) is 0 Å². The van der Waals surface area contributed by atoms with Crippen molar-refractivity contribution in [1.82, 2.24) is 24.5 Å². The van der Waals surface area contributed by atoms with Crippen molar-refractivity contribution >= 4 is 5.78 Å². The maximum Gasteiger partial charge on any atom is 0.159 e. The van der Waals surface area contributed by atoms with Gasteiger partial charge in [0.15, 0.2) is 5.78 Å². The van der Waals surface area contributed by atoms with E-state index in [2.05, 4.69) is 120 Å². The molecule has 200 valence electrons. The highest BCUT2D eigenvalue weighted by molar-refractivity contribution is 6.01. The van der Waals surface area contributed by atoms with Crippen LogP contribution in [0.15, 0.2) is 60.7 Å². The average molecular weight is 504 g/mol. The molecule has 6 heteroatoms. The first-order valence-electron chi connectivity index (χ1n) is 13.8. The van der Waals surface area contributed by atoms with Crippen molar-refractivity contribution in [3.05, 3.63) is 71.8 Å². The Morgan fingerprint density at radius 2 is 1.19 bits per heavy atom. The molecule has 0 saturated carbocycles. The summed E-state index contributed by atoms with van der Waals surface area (Å²) >= 11 is 0. The van der Waals surface area contributed by atoms with Crippen molar-refractivity contribution in [1.29, 1.82) is 0 Å². The molecule has 0 spiro atoms. The van der Waals surface area contributed by atoms with Gasteiger partial charge in [0.25, 0.3) is 0 Å². The highest BCUT2D eigenvalue weighted by Gasteiger charge is 2.63. The molecule has 3 aliphatic heterocycles. The number of piperidine rings is 2. The van der Waals surface area contributed by atoms with E-state index in [1.54, 1.807) is 0 Å². The fraction of sp³-hybridized carbons (Fsp3) is 0.581. The van der Waals surface area contributed by atoms with Crippen molar-refractivity contribution in [2.45, 2.75) is 23.3 Å². The molecule has 2 atom stereocenters. The monoisotopic (exact) mass is 503 g/mol. The Balaban J connectivity index is 1.66. The third kappa shape index (κ3) is 4.90. The second kappa shape index (κ2) is 10.2. The van der Waals surface area contributed by atoms with Crippen molar-refractivity contribution in [2.75, 3.05) is 93.6 Å². The van der Waals surface area contributed by atoms with Crippen molar-refractivity contribution < 1.29 is 4.79 Å². The Bertz CT molecular complexity index is 1000. The molecule has 3 saturated heterocycles. The molecule has 6 nitrogen and oxygen atoms in total. The van der Waals surface area contributed by atoms with Crippen LogP contribution in [0.3, 0.4) is 0 Å². The van der Waals surface area contributed by atoms with E-state index in [9.17, 15) is 4.79 Å². The minimum atomic E-state index is -0.563. The van der Waals surface area contributed by atoms with Gasteiger partial charge in [-0.05, 0) is 46.2 Å². The van der Waals surface area contributed by atoms with Gasteiger partial charge in [-0.25, -0.2) is 0 Å². The Morgan fingerprint density at radius 1 is 0.730 bits per heavy atom. The van der Waals surface area contributed by atoms with Crippen LogP contribution >= 0.6 is 0 Å². The molecule has 3 aliphatic rings. The molecule has 3 fully saturated rings. The standard InChI is InChI=1S/C31H45N5O/c1-29(20-33(4)17-18-34(5)21-29)36-24-30(26-12-8-6-9-13-26)22-35(19-16-32(2)3)23-31(25-36,28(30)37)27-14-10-7-11-15-27/h6-15H,16-25H2,1-5H3/t30-,31+. The number of fused-ring (bicyclic) bond motifs is 2. The van der Waals surface area contributed by atoms with Gasteiger partial charge in [-0.3, -0.25) is 14.6 Å². The van der Waals surface area contributed by atoms with Crippen molar-refractivity contribution in [3.8, 4) is 0 Å². The van der Waals surface area contributed by atoms with Crippen LogP contribution in [0, 0.1) is 0 Å². The van der Waals surface area contributed by atoms with Gasteiger partial charge >= 0.3 is 0 Å². The van der Waals surface area contributed by atoms with Crippen LogP contribution in [0.1, 0.15) is 18.1 Å². The van der Waals surface area contributed by atoms with Gasteiger partial charge in [0.1, 0.15) is 0 Å². The zero-order valence-electron chi connectivity index (χ0n) is 23.5. The molecular formula is C31H45N5O. The Kier molecular flexibility index (Phi) is 7.33. The first-order chi connectivity index (χ1) is 17.7. The lowest BCUT2D eigenvalue weighted by atomic mass is 9.57. The number of hydrogen-bond acceptors (Lipinski definition) is 6. The normalized spacial score (nSPS) is 29.9. The molecule has 3 heterocycles. The first-order valence-corrected chi connectivity index (χ1v) is 13.8. The van der Waals surface area contributed by atoms with Crippen molar-refractivity contribution in [2.24, 2.45) is 0 Å². The van der Waals surface area contributed by atoms with E-state index < -0.39 is 10.8 Å². The van der Waals surface area contributed by atoms with Gasteiger partial charge in [0.2, 0.25) is 0 Å². The van der Waals surface area contributed by atoms with E-state index in [0.29, 0.717) is 5.78 Å². The maximum absolute atomic E-state index is 15.0. The smallest absolute Gasteiger partial charge is 0.159 e. The second-order valence-electron chi connectivity index (χ2n) is 12.6. The molecule has 5 rings (SSSR count). The highest BCUT2D eigenvalue weighted by atomic mass is 16.1. The number of ketones is 1. The summed E-state index contributed by atoms with van der Waals surface area (Å²) in [6, 6.07) is 21.3. The average Bonchev–Trinajstić information content (AvgIpc) is 3.01. The zero-order chi connectivity index (χ0) is 26.3. The van der Waals surface area contributed by atoms with E-state index in [4.69, 9.17) is 0 Å². The van der Waals surface area contributed by atoms with Crippen LogP contribution in [0.4, 0.5) is 0 Å². The van der Waals surface area contributed by atoms with E-state index in [1.165, 1.54) is 11.1 Å². The molecular weight excluding hydrogens is 458 g/mol. The Labute approximate surface area is 223 Å². The van der Waals surface area contributed by atoms with Gasteiger partial charge in [0.05, 0.1) is 10.8 Å². The summed E-state index contributed by atoms with van der Waals surface area (Å²) in [6.07, 6.45) is 0. The molecule has 0 aromatic heterocycles. The third-order valence-electron chi connectivity index (χ3n) is 9.14. The number of likely N-dealkylation sites (tertiary alicyclic amines) is 2. The van der Waals surface area contributed by atoms with Gasteiger partial charge in [-0.1, -0.05) is 60.7 Å². The molecule has 2 aromatic rings. The molecule has 2 aromatic carbocycles. The molecule has 2 bridgehead atoms. The Morgan fingerprint density at radius 3 is 1.62 bits per heavy atom. The molecule has 0 radical (unpaired) electrons. The molecule has 0 aliphatic carbocycles. The van der Waals surface area contributed by atoms with Crippen LogP contribution in [0.5, 0.6) is 0 Å². The zero-order valence-corrected chi connectivity index (χ0v) is 23.5. The molecule has 37 heavy (non-hydrogen) atoms. The summed E-state index contributed by atoms with van der Waals surface area (Å²) in [5.74, 6) is 0.411. The van der Waals surface area contributed by atoms with Gasteiger partial charge in [-0.2, -0.15) is 0 Å². The van der Waals surface area contributed by atoms with Gasteiger partial charge in [-0.15, -0.1) is 0 Å². The van der Waals surface area contributed by atoms with Crippen LogP contribution < -0.4 is 0 Å². The topological polar surface area (TPSA) is 33.3 Å². The fourth-order valence-electron chi connectivity index (χ4n) is 7.31. The SMILES string of the molecule is CN(C)CCN1C[C@]2(c3ccccc3)CN(C3(C)CN(C)CCN(C)C3)C[C@](c3ccccc3)(C1)C2=O. The minimum Gasteiger partial charge on any atom is -0.308 e. The lowest BCUT2D eigenvalue weighted by Crippen LogP contribution is -2.77. The number of benzene rings is 2. The van der Waals surface area contributed by atoms with E-state index in [-0.39, 0.29) is 5.54 Å². The predicted molar refractivity (Wildman–Crippen MR) is 151 cm³/mol. The van der Waals surface area contributed by atoms with E-state index in [0.717, 1.165) is 65.4 Å². The van der Waals surface area contributed by atoms with Gasteiger partial charge in [0, 0.05) is 71.0 Å². The highest BCUT2D eigenvalue weighted by Crippen LogP contribution is 2.48. The second-order valence-corrected chi connectivity index (χ2v) is 12.6. The van der Waals surface area contributed by atoms with Crippen LogP contribution in [0.25, 0.3) is 0 Å². The number of nitrogens with zero attached hydrogens (tertiary/aromatic N) is 5. The lowest BCUT2D eigenvalue weighted by Gasteiger charge is -2.61. The third-order valence-corrected chi connectivity index (χ3v) is 9.14. The molecule has 0 N–H and O–H groups in total. The van der Waals surface area contributed by atoms with Crippen LogP contribution in [0.2, 0.25) is 0 Å². The summed E-state index contributed by atoms with van der Waals surface area (Å²) < 4.78 is 0. The number of hydrogen-bond donors (Lipinski definition) is 0. The summed E-state index contributed by atoms with van der Waals surface area (Å²) in [6.45, 7) is 11.6. The van der Waals surface area contributed by atoms with Crippen LogP contribution in [-0.2, 0) is 15.6 Å². The molecule has 0 unspecified atom stereocenters. The van der Waals surface area contributed by atoms with E-state index >= 15 is 0 Å². The largest absolute Gasteiger partial charge is 0.308 e. The van der Waals surface area contributed by atoms with E-state index in [1.807, 2.05) is 0 Å². The van der Waals surface area contributed by atoms with Gasteiger partial charge < -0.3 is 14.7 Å². The summed E-state index contributed by atoms with van der Waals surface area (Å²) in [5, 5.41) is 0. The minimum absolute atomic E-state index is 0.0490. The fourth-order valence-corrected chi connectivity index (χ4v) is 7.31. The number of likely N-dealkylation sites (N-methyl/N-ethyl adjacent to an activating group) is 3. The number of Topliss-reactive ketones (excluding diaryl/α,β-unsaturated/α-hetero) is 1. The van der Waals surface area contributed by atoms with Crippen LogP contribution in [-0.4, -0.2) is 129 Å². The summed E-state index contributed by atoms with van der Waals surface area (Å²) in [4.78, 5) is 27.5. The number of carbonyl (C=O) groups is 1. The molecule has 0 amide bonds. The number of rotatable bonds is 6. The quantitative estimate of drug-likeness (QED) is 0.602. The lowest BCUT2D eigenvalue weighted by molar-refractivity contribution is -0.149. The maximum atomic E-state index is 15.0. The first kappa shape index (κ1) is 26.5. The summed E-state index contributed by atoms with van der Waals surface area (Å²) in [5.41, 5.74) is 1.16. The number of carbonyl (C=O) groups excluding carboxylic acids is 1. The Hall–Kier alpha value is -2.09. The predicted octanol–water partition coefficient (Wildman–Crippen LogP) is 2.26. The summed E-state index contributed by atoms with van der Waals surface area (Å²) in [7, 11) is 8.77.